The Hall–Kier alpha value is -2.81. The second kappa shape index (κ2) is 9.34. The van der Waals surface area contributed by atoms with E-state index in [1.807, 2.05) is 13.8 Å². The Balaban J connectivity index is 0.00000155. The molecule has 2 aliphatic rings. The Morgan fingerprint density at radius 3 is 2.17 bits per heavy atom. The van der Waals surface area contributed by atoms with Crippen LogP contribution in [0.2, 0.25) is 0 Å². The molecule has 162 valence electrons. The Morgan fingerprint density at radius 1 is 1.17 bits per heavy atom. The number of imide groups is 1. The molecule has 1 aromatic heterocycles. The van der Waals surface area contributed by atoms with Gasteiger partial charge < -0.3 is 0 Å². The number of nitrogens with zero attached hydrogens (tertiary/aromatic N) is 2. The second-order valence-corrected chi connectivity index (χ2v) is 6.49. The van der Waals surface area contributed by atoms with Gasteiger partial charge in [-0.25, -0.2) is 4.39 Å². The van der Waals surface area contributed by atoms with Gasteiger partial charge >= 0.3 is 6.36 Å². The van der Waals surface area contributed by atoms with Crippen molar-refractivity contribution in [2.75, 3.05) is 0 Å². The number of carbonyl (C=O) groups excluding carboxylic acids is 2. The topological polar surface area (TPSA) is 59.5 Å². The maximum absolute atomic E-state index is 14.2. The van der Waals surface area contributed by atoms with Gasteiger partial charge in [0, 0.05) is 17.2 Å². The number of hydrogen-bond acceptors (Lipinski definition) is 4. The van der Waals surface area contributed by atoms with E-state index in [2.05, 4.69) is 22.9 Å². The number of amides is 2. The zero-order valence-corrected chi connectivity index (χ0v) is 16.6. The minimum atomic E-state index is -4.70. The highest BCUT2D eigenvalue weighted by atomic mass is 19.4. The number of pyridine rings is 1. The summed E-state index contributed by atoms with van der Waals surface area (Å²) in [6.07, 6.45) is -2.06. The number of rotatable bonds is 6. The van der Waals surface area contributed by atoms with Crippen LogP contribution in [0.25, 0.3) is 0 Å². The van der Waals surface area contributed by atoms with E-state index in [0.717, 1.165) is 11.1 Å². The number of hydrogen-bond donors (Lipinski definition) is 0. The van der Waals surface area contributed by atoms with Crippen LogP contribution in [0.4, 0.5) is 17.6 Å². The van der Waals surface area contributed by atoms with Crippen molar-refractivity contribution in [1.82, 2.24) is 9.88 Å². The fourth-order valence-corrected chi connectivity index (χ4v) is 3.26. The molecule has 1 aromatic rings. The number of carbonyl (C=O) groups is 2. The molecule has 3 rings (SSSR count). The lowest BCUT2D eigenvalue weighted by Gasteiger charge is -2.35. The zero-order valence-electron chi connectivity index (χ0n) is 16.6. The summed E-state index contributed by atoms with van der Waals surface area (Å²) in [6, 6.07) is 1.36. The van der Waals surface area contributed by atoms with E-state index in [0.29, 0.717) is 5.69 Å². The monoisotopic (exact) mass is 426 g/mol. The molecule has 1 fully saturated rings. The molecule has 0 aromatic carbocycles. The highest BCUT2D eigenvalue weighted by molar-refractivity contribution is 6.21. The van der Waals surface area contributed by atoms with Gasteiger partial charge in [0.25, 0.3) is 11.8 Å². The van der Waals surface area contributed by atoms with Crippen molar-refractivity contribution < 1.29 is 31.9 Å². The van der Waals surface area contributed by atoms with E-state index in [4.69, 9.17) is 0 Å². The van der Waals surface area contributed by atoms with Crippen molar-refractivity contribution in [2.45, 2.75) is 51.6 Å². The molecule has 0 bridgehead atoms. The zero-order chi connectivity index (χ0) is 22.6. The minimum absolute atomic E-state index is 0.0422. The molecule has 9 heteroatoms. The predicted octanol–water partition coefficient (Wildman–Crippen LogP) is 4.57. The van der Waals surface area contributed by atoms with Crippen LogP contribution >= 0.6 is 0 Å². The highest BCUT2D eigenvalue weighted by Gasteiger charge is 2.41. The molecule has 5 nitrogen and oxygen atoms in total. The first kappa shape index (κ1) is 23.5. The van der Waals surface area contributed by atoms with Crippen LogP contribution in [0.15, 0.2) is 48.7 Å². The molecule has 1 aliphatic heterocycles. The third-order valence-electron chi connectivity index (χ3n) is 4.75. The van der Waals surface area contributed by atoms with E-state index < -0.39 is 30.1 Å². The molecule has 1 saturated carbocycles. The van der Waals surface area contributed by atoms with E-state index in [1.54, 1.807) is 0 Å². The molecule has 30 heavy (non-hydrogen) atoms. The van der Waals surface area contributed by atoms with Crippen LogP contribution in [0, 0.1) is 5.82 Å². The summed E-state index contributed by atoms with van der Waals surface area (Å²) in [6.45, 7) is 10.7. The quantitative estimate of drug-likeness (QED) is 0.494. The largest absolute Gasteiger partial charge is 0.522 e. The van der Waals surface area contributed by atoms with E-state index in [1.165, 1.54) is 18.2 Å². The maximum atomic E-state index is 14.2. The molecule has 0 unspecified atom stereocenters. The van der Waals surface area contributed by atoms with Crippen molar-refractivity contribution >= 4 is 11.8 Å². The van der Waals surface area contributed by atoms with Crippen molar-refractivity contribution in [1.29, 1.82) is 0 Å². The van der Waals surface area contributed by atoms with Gasteiger partial charge in [-0.1, -0.05) is 39.2 Å². The Bertz CT molecular complexity index is 857. The molecule has 2 amide bonds. The summed E-state index contributed by atoms with van der Waals surface area (Å²) in [7, 11) is 0. The number of alkyl halides is 3. The number of aromatic nitrogens is 1. The van der Waals surface area contributed by atoms with Crippen LogP contribution in [-0.2, 0) is 20.9 Å². The van der Waals surface area contributed by atoms with Gasteiger partial charge in [-0.05, 0) is 18.9 Å². The minimum Gasteiger partial charge on any atom is -0.289 e. The van der Waals surface area contributed by atoms with Crippen LogP contribution < -0.4 is 0 Å². The van der Waals surface area contributed by atoms with Crippen molar-refractivity contribution in [3.8, 4) is 0 Å². The Morgan fingerprint density at radius 2 is 1.70 bits per heavy atom. The first-order valence-electron chi connectivity index (χ1n) is 9.38. The molecule has 1 aliphatic carbocycles. The van der Waals surface area contributed by atoms with Gasteiger partial charge in [0.15, 0.2) is 0 Å². The van der Waals surface area contributed by atoms with Gasteiger partial charge in [-0.15, -0.1) is 13.2 Å². The maximum Gasteiger partial charge on any atom is 0.522 e. The number of halogens is 4. The van der Waals surface area contributed by atoms with E-state index in [9.17, 15) is 27.2 Å². The van der Waals surface area contributed by atoms with Crippen molar-refractivity contribution in [2.24, 2.45) is 0 Å². The van der Waals surface area contributed by atoms with Crippen molar-refractivity contribution in [3.63, 3.8) is 0 Å². The molecular weight excluding hydrogens is 404 g/mol. The molecule has 0 saturated heterocycles. The SMILES string of the molecule is C=CC1=C(C=C)C(=O)N(Cc2cc(C3CC(OC(F)(F)F)C3)ncc2F)C1=O.CC. The Kier molecular flexibility index (Phi) is 7.30. The first-order chi connectivity index (χ1) is 14.1. The lowest BCUT2D eigenvalue weighted by atomic mass is 9.79. The third kappa shape index (κ3) is 4.84. The normalized spacial score (nSPS) is 21.2. The summed E-state index contributed by atoms with van der Waals surface area (Å²) in [4.78, 5) is 29.5. The Labute approximate surface area is 171 Å². The average Bonchev–Trinajstić information content (AvgIpc) is 2.90. The van der Waals surface area contributed by atoms with Gasteiger partial charge in [-0.2, -0.15) is 0 Å². The first-order valence-corrected chi connectivity index (χ1v) is 9.38. The molecule has 0 atom stereocenters. The standard InChI is InChI=1S/C19H16F4N2O3.C2H6/c1-3-13-14(4-2)18(27)25(17(13)26)9-11-7-16(24-8-15(11)20)10-5-12(6-10)28-19(21,22)23;1-2/h3-4,7-8,10,12H,1-2,5-6,9H2;1-2H3. The predicted molar refractivity (Wildman–Crippen MR) is 101 cm³/mol. The van der Waals surface area contributed by atoms with E-state index in [-0.39, 0.29) is 42.0 Å². The third-order valence-corrected chi connectivity index (χ3v) is 4.75. The number of ether oxygens (including phenoxy) is 1. The lowest BCUT2D eigenvalue weighted by Crippen LogP contribution is -2.35. The molecule has 0 N–H and O–H groups in total. The van der Waals surface area contributed by atoms with Crippen LogP contribution in [0.3, 0.4) is 0 Å². The lowest BCUT2D eigenvalue weighted by molar-refractivity contribution is -0.351. The van der Waals surface area contributed by atoms with Gasteiger partial charge in [-0.3, -0.25) is 24.2 Å². The smallest absolute Gasteiger partial charge is 0.289 e. The summed E-state index contributed by atoms with van der Waals surface area (Å²) < 4.78 is 54.8. The van der Waals surface area contributed by atoms with E-state index >= 15 is 0 Å². The fourth-order valence-electron chi connectivity index (χ4n) is 3.26. The van der Waals surface area contributed by atoms with Gasteiger partial charge in [0.05, 0.1) is 30.0 Å². The molecule has 0 radical (unpaired) electrons. The molecular formula is C21H22F4N2O3. The van der Waals surface area contributed by atoms with Crippen molar-refractivity contribution in [3.05, 3.63) is 65.8 Å². The summed E-state index contributed by atoms with van der Waals surface area (Å²) in [5, 5.41) is 0. The van der Waals surface area contributed by atoms with Crippen LogP contribution in [0.1, 0.15) is 43.9 Å². The van der Waals surface area contributed by atoms with Crippen LogP contribution in [-0.4, -0.2) is 34.2 Å². The summed E-state index contributed by atoms with van der Waals surface area (Å²) in [5.41, 5.74) is 0.598. The molecule has 2 heterocycles. The average molecular weight is 426 g/mol. The summed E-state index contributed by atoms with van der Waals surface area (Å²) in [5.74, 6) is -2.27. The summed E-state index contributed by atoms with van der Waals surface area (Å²) >= 11 is 0. The van der Waals surface area contributed by atoms with Crippen LogP contribution in [0.5, 0.6) is 0 Å². The second-order valence-electron chi connectivity index (χ2n) is 6.49. The highest BCUT2D eigenvalue weighted by Crippen LogP contribution is 2.41. The molecule has 0 spiro atoms. The fraction of sp³-hybridized carbons (Fsp3) is 0.381. The van der Waals surface area contributed by atoms with Gasteiger partial charge in [0.1, 0.15) is 5.82 Å². The van der Waals surface area contributed by atoms with Gasteiger partial charge in [0.2, 0.25) is 0 Å².